The van der Waals surface area contributed by atoms with Crippen LogP contribution in [0.2, 0.25) is 0 Å². The zero-order valence-corrected chi connectivity index (χ0v) is 13.5. The third kappa shape index (κ3) is 2.01. The van der Waals surface area contributed by atoms with Crippen LogP contribution in [0.3, 0.4) is 0 Å². The van der Waals surface area contributed by atoms with Crippen LogP contribution in [0.15, 0.2) is 11.6 Å². The average Bonchev–Trinajstić information content (AvgIpc) is 2.38. The number of hydrogen-bond acceptors (Lipinski definition) is 0. The van der Waals surface area contributed by atoms with E-state index in [9.17, 15) is 0 Å². The lowest BCUT2D eigenvalue weighted by atomic mass is 9.45. The monoisotopic (exact) mass is 260 g/mol. The minimum atomic E-state index is 0.618. The zero-order chi connectivity index (χ0) is 13.7. The number of fused-ring (bicyclic) bond motifs is 3. The fraction of sp³-hybridized carbons (Fsp3) is 0.895. The zero-order valence-electron chi connectivity index (χ0n) is 13.5. The third-order valence-electron chi connectivity index (χ3n) is 7.28. The Kier molecular flexibility index (Phi) is 3.35. The van der Waals surface area contributed by atoms with Crippen LogP contribution in [0.5, 0.6) is 0 Å². The number of hydrogen-bond donors (Lipinski definition) is 0. The second-order valence-corrected chi connectivity index (χ2v) is 8.31. The fourth-order valence-electron chi connectivity index (χ4n) is 6.04. The average molecular weight is 260 g/mol. The lowest BCUT2D eigenvalue weighted by molar-refractivity contribution is -0.0680. The van der Waals surface area contributed by atoms with Crippen molar-refractivity contribution in [2.75, 3.05) is 0 Å². The molecule has 0 saturated heterocycles. The smallest absolute Gasteiger partial charge is 0.0146 e. The van der Waals surface area contributed by atoms with Gasteiger partial charge in [0.25, 0.3) is 0 Å². The molecule has 0 spiro atoms. The molecule has 0 nitrogen and oxygen atoms in total. The fourth-order valence-corrected chi connectivity index (χ4v) is 6.04. The number of rotatable bonds is 1. The predicted molar refractivity (Wildman–Crippen MR) is 83.1 cm³/mol. The second-order valence-electron chi connectivity index (χ2n) is 8.31. The Bertz CT molecular complexity index is 379. The Balaban J connectivity index is 1.95. The minimum Gasteiger partial charge on any atom is -0.0822 e. The van der Waals surface area contributed by atoms with Crippen molar-refractivity contribution in [3.05, 3.63) is 11.6 Å². The molecule has 0 aromatic heterocycles. The Hall–Kier alpha value is -0.260. The van der Waals surface area contributed by atoms with Crippen LogP contribution in [0.4, 0.5) is 0 Å². The molecule has 19 heavy (non-hydrogen) atoms. The van der Waals surface area contributed by atoms with E-state index >= 15 is 0 Å². The molecular weight excluding hydrogens is 228 g/mol. The third-order valence-corrected chi connectivity index (χ3v) is 7.28. The highest BCUT2D eigenvalue weighted by Crippen LogP contribution is 2.63. The van der Waals surface area contributed by atoms with Gasteiger partial charge in [0.2, 0.25) is 0 Å². The molecule has 0 heteroatoms. The molecule has 5 atom stereocenters. The first-order valence-corrected chi connectivity index (χ1v) is 8.70. The Morgan fingerprint density at radius 3 is 2.68 bits per heavy atom. The Labute approximate surface area is 120 Å². The van der Waals surface area contributed by atoms with Crippen LogP contribution in [-0.4, -0.2) is 0 Å². The molecular formula is C19H32. The summed E-state index contributed by atoms with van der Waals surface area (Å²) in [5, 5.41) is 0. The Morgan fingerprint density at radius 2 is 1.95 bits per heavy atom. The van der Waals surface area contributed by atoms with E-state index in [1.165, 1.54) is 51.4 Å². The molecule has 0 heterocycles. The van der Waals surface area contributed by atoms with Gasteiger partial charge < -0.3 is 0 Å². The number of allylic oxidation sites excluding steroid dienone is 2. The van der Waals surface area contributed by atoms with E-state index in [-0.39, 0.29) is 0 Å². The van der Waals surface area contributed by atoms with Crippen LogP contribution in [0, 0.1) is 28.6 Å². The van der Waals surface area contributed by atoms with Gasteiger partial charge in [0, 0.05) is 0 Å². The van der Waals surface area contributed by atoms with Gasteiger partial charge in [0.15, 0.2) is 0 Å². The van der Waals surface area contributed by atoms with Gasteiger partial charge in [-0.15, -0.1) is 0 Å². The largest absolute Gasteiger partial charge is 0.0822 e. The summed E-state index contributed by atoms with van der Waals surface area (Å²) in [5.41, 5.74) is 3.09. The van der Waals surface area contributed by atoms with Crippen LogP contribution < -0.4 is 0 Å². The molecule has 2 fully saturated rings. The molecule has 3 rings (SSSR count). The molecule has 108 valence electrons. The van der Waals surface area contributed by atoms with Crippen molar-refractivity contribution in [2.24, 2.45) is 28.6 Å². The van der Waals surface area contributed by atoms with Crippen molar-refractivity contribution in [3.8, 4) is 0 Å². The molecule has 0 N–H and O–H groups in total. The summed E-state index contributed by atoms with van der Waals surface area (Å²) in [6, 6.07) is 0. The van der Waals surface area contributed by atoms with E-state index in [1.54, 1.807) is 0 Å². The lowest BCUT2D eigenvalue weighted by Gasteiger charge is -2.60. The molecule has 2 saturated carbocycles. The topological polar surface area (TPSA) is 0 Å². The predicted octanol–water partition coefficient (Wildman–Crippen LogP) is 5.98. The van der Waals surface area contributed by atoms with Crippen molar-refractivity contribution < 1.29 is 0 Å². The van der Waals surface area contributed by atoms with Gasteiger partial charge in [-0.05, 0) is 67.1 Å². The highest BCUT2D eigenvalue weighted by molar-refractivity contribution is 5.21. The first-order valence-electron chi connectivity index (χ1n) is 8.70. The van der Waals surface area contributed by atoms with Gasteiger partial charge in [-0.25, -0.2) is 0 Å². The van der Waals surface area contributed by atoms with E-state index in [1.807, 2.05) is 5.57 Å². The first-order chi connectivity index (χ1) is 8.99. The van der Waals surface area contributed by atoms with Crippen LogP contribution in [0.25, 0.3) is 0 Å². The molecule has 3 aliphatic carbocycles. The van der Waals surface area contributed by atoms with Gasteiger partial charge >= 0.3 is 0 Å². The molecule has 4 unspecified atom stereocenters. The van der Waals surface area contributed by atoms with E-state index in [0.717, 1.165) is 17.8 Å². The minimum absolute atomic E-state index is 0.618. The van der Waals surface area contributed by atoms with Crippen LogP contribution >= 0.6 is 0 Å². The van der Waals surface area contributed by atoms with E-state index in [0.29, 0.717) is 10.8 Å². The van der Waals surface area contributed by atoms with E-state index in [4.69, 9.17) is 0 Å². The molecule has 0 aliphatic heterocycles. The van der Waals surface area contributed by atoms with Gasteiger partial charge in [0.05, 0.1) is 0 Å². The summed E-state index contributed by atoms with van der Waals surface area (Å²) in [6.45, 7) is 10.1. The molecule has 0 amide bonds. The maximum absolute atomic E-state index is 2.65. The van der Waals surface area contributed by atoms with Gasteiger partial charge in [0.1, 0.15) is 0 Å². The molecule has 0 aromatic carbocycles. The summed E-state index contributed by atoms with van der Waals surface area (Å²) in [7, 11) is 0. The summed E-state index contributed by atoms with van der Waals surface area (Å²) in [6.07, 6.45) is 14.2. The van der Waals surface area contributed by atoms with E-state index < -0.39 is 0 Å². The van der Waals surface area contributed by atoms with Crippen LogP contribution in [0.1, 0.15) is 79.1 Å². The van der Waals surface area contributed by atoms with Crippen molar-refractivity contribution in [1.82, 2.24) is 0 Å². The van der Waals surface area contributed by atoms with Gasteiger partial charge in [-0.2, -0.15) is 0 Å². The summed E-state index contributed by atoms with van der Waals surface area (Å²) < 4.78 is 0. The molecule has 3 aliphatic rings. The highest BCUT2D eigenvalue weighted by atomic mass is 14.6. The van der Waals surface area contributed by atoms with Crippen molar-refractivity contribution in [2.45, 2.75) is 79.1 Å². The SMILES string of the molecule is CC[C@]1(C)CCCC2(C)C3CCC(C)C=C3CCC21. The highest BCUT2D eigenvalue weighted by Gasteiger charge is 2.54. The normalized spacial score (nSPS) is 50.1. The summed E-state index contributed by atoms with van der Waals surface area (Å²) in [4.78, 5) is 0. The standard InChI is InChI=1S/C19H32/c1-5-18(3)11-6-12-19(4)16-9-7-14(2)13-15(16)8-10-17(18)19/h13-14,16-17H,5-12H2,1-4H3/t14?,16?,17?,18-,19?/m1/s1. The summed E-state index contributed by atoms with van der Waals surface area (Å²) in [5.74, 6) is 2.75. The maximum atomic E-state index is 2.65. The quantitative estimate of drug-likeness (QED) is 0.509. The first kappa shape index (κ1) is 13.7. The van der Waals surface area contributed by atoms with E-state index in [2.05, 4.69) is 33.8 Å². The van der Waals surface area contributed by atoms with Crippen molar-refractivity contribution in [3.63, 3.8) is 0 Å². The van der Waals surface area contributed by atoms with Crippen molar-refractivity contribution in [1.29, 1.82) is 0 Å². The molecule has 0 radical (unpaired) electrons. The molecule has 0 bridgehead atoms. The van der Waals surface area contributed by atoms with Crippen molar-refractivity contribution >= 4 is 0 Å². The molecule has 0 aromatic rings. The maximum Gasteiger partial charge on any atom is -0.0146 e. The van der Waals surface area contributed by atoms with Crippen LogP contribution in [-0.2, 0) is 0 Å². The van der Waals surface area contributed by atoms with Gasteiger partial charge in [-0.3, -0.25) is 0 Å². The Morgan fingerprint density at radius 1 is 1.16 bits per heavy atom. The summed E-state index contributed by atoms with van der Waals surface area (Å²) >= 11 is 0. The second kappa shape index (κ2) is 4.64. The van der Waals surface area contributed by atoms with Gasteiger partial charge in [-0.1, -0.05) is 52.2 Å². The lowest BCUT2D eigenvalue weighted by Crippen LogP contribution is -2.50.